The maximum absolute atomic E-state index is 11.8. The van der Waals surface area contributed by atoms with E-state index in [1.54, 1.807) is 12.1 Å². The summed E-state index contributed by atoms with van der Waals surface area (Å²) in [6.45, 7) is 1.81. The molecular formula is C12H15ClN2OS. The van der Waals surface area contributed by atoms with E-state index in [4.69, 9.17) is 17.3 Å². The third kappa shape index (κ3) is 3.30. The van der Waals surface area contributed by atoms with Crippen LogP contribution in [0, 0.1) is 0 Å². The Kier molecular flexibility index (Phi) is 4.18. The molecule has 0 saturated carbocycles. The largest absolute Gasteiger partial charge is 0.398 e. The van der Waals surface area contributed by atoms with Crippen molar-refractivity contribution in [1.29, 1.82) is 0 Å². The highest BCUT2D eigenvalue weighted by atomic mass is 35.5. The number of nitrogen functional groups attached to an aromatic ring is 1. The fraction of sp³-hybridized carbons (Fsp3) is 0.417. The molecule has 1 aromatic carbocycles. The standard InChI is InChI=1S/C12H15ClN2OS/c13-10-7-9(3-4-11(10)14)17-8-12(16)15-5-1-2-6-15/h3-4,7H,1-2,5-6,8,14H2. The molecule has 0 aromatic heterocycles. The maximum Gasteiger partial charge on any atom is 0.232 e. The van der Waals surface area contributed by atoms with Crippen LogP contribution in [0.2, 0.25) is 5.02 Å². The average Bonchev–Trinajstić information content (AvgIpc) is 2.84. The molecule has 1 heterocycles. The summed E-state index contributed by atoms with van der Waals surface area (Å²) in [6.07, 6.45) is 2.26. The van der Waals surface area contributed by atoms with Gasteiger partial charge in [0, 0.05) is 18.0 Å². The van der Waals surface area contributed by atoms with Crippen molar-refractivity contribution in [2.24, 2.45) is 0 Å². The molecule has 1 amide bonds. The fourth-order valence-corrected chi connectivity index (χ4v) is 2.88. The Labute approximate surface area is 110 Å². The summed E-state index contributed by atoms with van der Waals surface area (Å²) in [7, 11) is 0. The van der Waals surface area contributed by atoms with Crippen LogP contribution >= 0.6 is 23.4 Å². The van der Waals surface area contributed by atoms with Crippen LogP contribution in [-0.4, -0.2) is 29.6 Å². The minimum Gasteiger partial charge on any atom is -0.398 e. The zero-order valence-corrected chi connectivity index (χ0v) is 11.1. The highest BCUT2D eigenvalue weighted by Crippen LogP contribution is 2.26. The molecule has 2 N–H and O–H groups in total. The van der Waals surface area contributed by atoms with Crippen molar-refractivity contribution in [2.75, 3.05) is 24.6 Å². The second-order valence-electron chi connectivity index (χ2n) is 4.06. The van der Waals surface area contributed by atoms with Gasteiger partial charge in [-0.15, -0.1) is 11.8 Å². The lowest BCUT2D eigenvalue weighted by Gasteiger charge is -2.14. The smallest absolute Gasteiger partial charge is 0.232 e. The molecule has 0 atom stereocenters. The van der Waals surface area contributed by atoms with E-state index in [0.29, 0.717) is 16.5 Å². The van der Waals surface area contributed by atoms with Gasteiger partial charge < -0.3 is 10.6 Å². The third-order valence-electron chi connectivity index (χ3n) is 2.79. The molecule has 1 fully saturated rings. The predicted molar refractivity (Wildman–Crippen MR) is 72.4 cm³/mol. The SMILES string of the molecule is Nc1ccc(SCC(=O)N2CCCC2)cc1Cl. The van der Waals surface area contributed by atoms with Crippen molar-refractivity contribution in [3.63, 3.8) is 0 Å². The molecule has 17 heavy (non-hydrogen) atoms. The number of rotatable bonds is 3. The molecule has 1 aromatic rings. The third-order valence-corrected chi connectivity index (χ3v) is 4.10. The van der Waals surface area contributed by atoms with Crippen molar-refractivity contribution in [3.05, 3.63) is 23.2 Å². The molecule has 0 radical (unpaired) electrons. The number of amides is 1. The second kappa shape index (κ2) is 5.65. The van der Waals surface area contributed by atoms with Crippen LogP contribution in [0.5, 0.6) is 0 Å². The Morgan fingerprint density at radius 2 is 2.12 bits per heavy atom. The molecular weight excluding hydrogens is 256 g/mol. The van der Waals surface area contributed by atoms with Gasteiger partial charge >= 0.3 is 0 Å². The van der Waals surface area contributed by atoms with Gasteiger partial charge in [0.05, 0.1) is 16.5 Å². The summed E-state index contributed by atoms with van der Waals surface area (Å²) in [4.78, 5) is 14.7. The van der Waals surface area contributed by atoms with Crippen LogP contribution in [0.15, 0.2) is 23.1 Å². The van der Waals surface area contributed by atoms with Gasteiger partial charge in [0.2, 0.25) is 5.91 Å². The number of likely N-dealkylation sites (tertiary alicyclic amines) is 1. The quantitative estimate of drug-likeness (QED) is 0.678. The van der Waals surface area contributed by atoms with E-state index in [1.165, 1.54) is 11.8 Å². The zero-order chi connectivity index (χ0) is 12.3. The van der Waals surface area contributed by atoms with Gasteiger partial charge in [-0.2, -0.15) is 0 Å². The summed E-state index contributed by atoms with van der Waals surface area (Å²) in [5.74, 6) is 0.681. The minimum absolute atomic E-state index is 0.209. The Hall–Kier alpha value is -0.870. The molecule has 92 valence electrons. The Morgan fingerprint density at radius 3 is 2.76 bits per heavy atom. The Bertz CT molecular complexity index is 419. The first kappa shape index (κ1) is 12.6. The zero-order valence-electron chi connectivity index (χ0n) is 9.49. The maximum atomic E-state index is 11.8. The van der Waals surface area contributed by atoms with Crippen LogP contribution in [0.4, 0.5) is 5.69 Å². The number of nitrogens with two attached hydrogens (primary N) is 1. The monoisotopic (exact) mass is 270 g/mol. The van der Waals surface area contributed by atoms with Crippen LogP contribution in [0.3, 0.4) is 0 Å². The highest BCUT2D eigenvalue weighted by molar-refractivity contribution is 8.00. The summed E-state index contributed by atoms with van der Waals surface area (Å²) in [6, 6.07) is 5.47. The van der Waals surface area contributed by atoms with E-state index in [2.05, 4.69) is 0 Å². The van der Waals surface area contributed by atoms with Gasteiger partial charge in [-0.1, -0.05) is 11.6 Å². The van der Waals surface area contributed by atoms with Crippen molar-refractivity contribution in [3.8, 4) is 0 Å². The molecule has 5 heteroatoms. The second-order valence-corrected chi connectivity index (χ2v) is 5.52. The number of thioether (sulfide) groups is 1. The number of halogens is 1. The molecule has 1 saturated heterocycles. The lowest BCUT2D eigenvalue weighted by Crippen LogP contribution is -2.29. The lowest BCUT2D eigenvalue weighted by atomic mass is 10.3. The number of anilines is 1. The van der Waals surface area contributed by atoms with Crippen molar-refractivity contribution < 1.29 is 4.79 Å². The summed E-state index contributed by atoms with van der Waals surface area (Å²) in [5.41, 5.74) is 6.20. The van der Waals surface area contributed by atoms with E-state index in [-0.39, 0.29) is 5.91 Å². The first-order valence-electron chi connectivity index (χ1n) is 5.62. The Balaban J connectivity index is 1.88. The molecule has 1 aliphatic rings. The number of benzene rings is 1. The molecule has 3 nitrogen and oxygen atoms in total. The van der Waals surface area contributed by atoms with E-state index >= 15 is 0 Å². The predicted octanol–water partition coefficient (Wildman–Crippen LogP) is 2.64. The van der Waals surface area contributed by atoms with Crippen LogP contribution < -0.4 is 5.73 Å². The normalized spacial score (nSPS) is 15.2. The van der Waals surface area contributed by atoms with Gasteiger partial charge in [-0.05, 0) is 31.0 Å². The van der Waals surface area contributed by atoms with E-state index in [1.807, 2.05) is 11.0 Å². The summed E-state index contributed by atoms with van der Waals surface area (Å²) < 4.78 is 0. The number of carbonyl (C=O) groups excluding carboxylic acids is 1. The van der Waals surface area contributed by atoms with Crippen molar-refractivity contribution in [1.82, 2.24) is 4.90 Å². The van der Waals surface area contributed by atoms with Crippen LogP contribution in [0.1, 0.15) is 12.8 Å². The lowest BCUT2D eigenvalue weighted by molar-refractivity contribution is -0.127. The van der Waals surface area contributed by atoms with Gasteiger partial charge in [-0.3, -0.25) is 4.79 Å². The molecule has 0 bridgehead atoms. The molecule has 0 spiro atoms. The first-order valence-corrected chi connectivity index (χ1v) is 6.99. The number of hydrogen-bond donors (Lipinski definition) is 1. The topological polar surface area (TPSA) is 46.3 Å². The van der Waals surface area contributed by atoms with E-state index < -0.39 is 0 Å². The molecule has 0 aliphatic carbocycles. The van der Waals surface area contributed by atoms with Crippen molar-refractivity contribution >= 4 is 35.0 Å². The van der Waals surface area contributed by atoms with Gasteiger partial charge in [-0.25, -0.2) is 0 Å². The van der Waals surface area contributed by atoms with E-state index in [9.17, 15) is 4.79 Å². The highest BCUT2D eigenvalue weighted by Gasteiger charge is 2.17. The van der Waals surface area contributed by atoms with Gasteiger partial charge in [0.15, 0.2) is 0 Å². The summed E-state index contributed by atoms with van der Waals surface area (Å²) in [5, 5.41) is 0.545. The first-order chi connectivity index (χ1) is 8.16. The number of nitrogens with zero attached hydrogens (tertiary/aromatic N) is 1. The molecule has 2 rings (SSSR count). The molecule has 0 unspecified atom stereocenters. The van der Waals surface area contributed by atoms with Crippen LogP contribution in [-0.2, 0) is 4.79 Å². The van der Waals surface area contributed by atoms with Crippen molar-refractivity contribution in [2.45, 2.75) is 17.7 Å². The number of hydrogen-bond acceptors (Lipinski definition) is 3. The van der Waals surface area contributed by atoms with Gasteiger partial charge in [0.1, 0.15) is 0 Å². The fourth-order valence-electron chi connectivity index (χ4n) is 1.80. The van der Waals surface area contributed by atoms with Gasteiger partial charge in [0.25, 0.3) is 0 Å². The number of carbonyl (C=O) groups is 1. The average molecular weight is 271 g/mol. The van der Waals surface area contributed by atoms with Crippen LogP contribution in [0.25, 0.3) is 0 Å². The minimum atomic E-state index is 0.209. The Morgan fingerprint density at radius 1 is 1.41 bits per heavy atom. The molecule has 1 aliphatic heterocycles. The summed E-state index contributed by atoms with van der Waals surface area (Å²) >= 11 is 7.43. The van der Waals surface area contributed by atoms with E-state index in [0.717, 1.165) is 30.8 Å².